The largest absolute Gasteiger partial charge is 0.465 e. The minimum Gasteiger partial charge on any atom is -0.465 e. The van der Waals surface area contributed by atoms with Gasteiger partial charge in [-0.05, 0) is 6.42 Å². The van der Waals surface area contributed by atoms with E-state index in [0.717, 1.165) is 0 Å². The third-order valence-corrected chi connectivity index (χ3v) is 3.02. The van der Waals surface area contributed by atoms with Crippen molar-refractivity contribution in [2.24, 2.45) is 0 Å². The molecule has 0 aromatic carbocycles. The van der Waals surface area contributed by atoms with Crippen molar-refractivity contribution in [3.05, 3.63) is 11.8 Å². The number of amides is 2. The number of nitrogens with one attached hydrogen (secondary N) is 1. The van der Waals surface area contributed by atoms with E-state index in [1.807, 2.05) is 0 Å². The normalized spacial score (nSPS) is 18.7. The van der Waals surface area contributed by atoms with Gasteiger partial charge >= 0.3 is 6.09 Å². The lowest BCUT2D eigenvalue weighted by atomic mass is 10.2. The van der Waals surface area contributed by atoms with E-state index < -0.39 is 12.1 Å². The average molecular weight is 266 g/mol. The van der Waals surface area contributed by atoms with Crippen LogP contribution in [0.5, 0.6) is 0 Å². The van der Waals surface area contributed by atoms with Crippen molar-refractivity contribution in [1.82, 2.24) is 15.1 Å². The van der Waals surface area contributed by atoms with Crippen molar-refractivity contribution < 1.29 is 19.5 Å². The summed E-state index contributed by atoms with van der Waals surface area (Å²) < 4.78 is 1.54. The van der Waals surface area contributed by atoms with Crippen molar-refractivity contribution in [3.8, 4) is 0 Å². The van der Waals surface area contributed by atoms with Crippen LogP contribution in [0.25, 0.3) is 0 Å². The van der Waals surface area contributed by atoms with Gasteiger partial charge in [-0.25, -0.2) is 9.48 Å². The maximum atomic E-state index is 12.1. The van der Waals surface area contributed by atoms with Gasteiger partial charge in [-0.3, -0.25) is 14.5 Å². The molecule has 19 heavy (non-hydrogen) atoms. The zero-order valence-corrected chi connectivity index (χ0v) is 10.6. The molecular weight excluding hydrogens is 252 g/mol. The number of ketones is 1. The lowest BCUT2D eigenvalue weighted by molar-refractivity contribution is -0.120. The first-order valence-electron chi connectivity index (χ1n) is 5.76. The number of rotatable bonds is 2. The van der Waals surface area contributed by atoms with Gasteiger partial charge in [0.25, 0.3) is 5.91 Å². The van der Waals surface area contributed by atoms with Crippen molar-refractivity contribution in [1.29, 1.82) is 0 Å². The number of carbonyl (C=O) groups excluding carboxylic acids is 2. The van der Waals surface area contributed by atoms with E-state index in [1.54, 1.807) is 0 Å². The van der Waals surface area contributed by atoms with Crippen LogP contribution in [0, 0.1) is 0 Å². The fourth-order valence-electron chi connectivity index (χ4n) is 2.02. The maximum Gasteiger partial charge on any atom is 0.405 e. The first-order chi connectivity index (χ1) is 8.90. The topological polar surface area (TPSA) is 105 Å². The van der Waals surface area contributed by atoms with E-state index in [-0.39, 0.29) is 11.7 Å². The Balaban J connectivity index is 2.30. The summed E-state index contributed by atoms with van der Waals surface area (Å²) in [6, 6.07) is 0.730. The van der Waals surface area contributed by atoms with E-state index in [0.29, 0.717) is 24.5 Å². The molecule has 0 fully saturated rings. The van der Waals surface area contributed by atoms with Gasteiger partial charge in [-0.2, -0.15) is 5.10 Å². The molecule has 0 radical (unpaired) electrons. The second-order valence-electron chi connectivity index (χ2n) is 4.36. The Bertz CT molecular complexity index is 551. The van der Waals surface area contributed by atoms with E-state index in [4.69, 9.17) is 5.11 Å². The molecule has 1 atom stereocenters. The number of likely N-dealkylation sites (N-methyl/N-ethyl adjacent to an activating group) is 1. The maximum absolute atomic E-state index is 12.1. The van der Waals surface area contributed by atoms with E-state index >= 15 is 0 Å². The highest BCUT2D eigenvalue weighted by atomic mass is 16.4. The van der Waals surface area contributed by atoms with Gasteiger partial charge in [0.2, 0.25) is 0 Å². The number of hydrogen-bond donors (Lipinski definition) is 2. The van der Waals surface area contributed by atoms with Crippen molar-refractivity contribution in [3.63, 3.8) is 0 Å². The van der Waals surface area contributed by atoms with Crippen LogP contribution in [-0.2, 0) is 11.3 Å². The average Bonchev–Trinajstić information content (AvgIpc) is 2.72. The third kappa shape index (κ3) is 2.42. The predicted molar refractivity (Wildman–Crippen MR) is 65.2 cm³/mol. The summed E-state index contributed by atoms with van der Waals surface area (Å²) in [6.45, 7) is 1.77. The Hall–Kier alpha value is -2.38. The molecule has 2 rings (SSSR count). The lowest BCUT2D eigenvalue weighted by Gasteiger charge is -2.19. The number of Topliss-reactive ketones (excluding diaryl/α,β-unsaturated/α-hetero) is 1. The van der Waals surface area contributed by atoms with Crippen LogP contribution < -0.4 is 10.2 Å². The van der Waals surface area contributed by atoms with Crippen LogP contribution in [0.3, 0.4) is 0 Å². The van der Waals surface area contributed by atoms with Gasteiger partial charge in [0.1, 0.15) is 17.6 Å². The summed E-state index contributed by atoms with van der Waals surface area (Å²) in [5.74, 6) is -0.0531. The van der Waals surface area contributed by atoms with Crippen LogP contribution in [0.2, 0.25) is 0 Å². The minimum atomic E-state index is -1.24. The van der Waals surface area contributed by atoms with Crippen LogP contribution in [0.4, 0.5) is 10.6 Å². The molecule has 0 bridgehead atoms. The molecule has 0 saturated carbocycles. The second-order valence-corrected chi connectivity index (χ2v) is 4.36. The van der Waals surface area contributed by atoms with Crippen molar-refractivity contribution in [2.45, 2.75) is 25.9 Å². The van der Waals surface area contributed by atoms with Gasteiger partial charge in [-0.1, -0.05) is 0 Å². The van der Waals surface area contributed by atoms with Gasteiger partial charge < -0.3 is 10.4 Å². The molecule has 8 nitrogen and oxygen atoms in total. The first kappa shape index (κ1) is 13.1. The summed E-state index contributed by atoms with van der Waals surface area (Å²) in [7, 11) is 1.53. The summed E-state index contributed by atoms with van der Waals surface area (Å²) >= 11 is 0. The lowest BCUT2D eigenvalue weighted by Crippen LogP contribution is -2.46. The first-order valence-corrected chi connectivity index (χ1v) is 5.76. The highest BCUT2D eigenvalue weighted by Crippen LogP contribution is 2.21. The number of carbonyl (C=O) groups is 3. The molecule has 102 valence electrons. The fraction of sp³-hybridized carbons (Fsp3) is 0.455. The molecule has 0 saturated heterocycles. The predicted octanol–water partition coefficient (Wildman–Crippen LogP) is 0.0884. The fourth-order valence-corrected chi connectivity index (χ4v) is 2.02. The van der Waals surface area contributed by atoms with Crippen LogP contribution in [0.1, 0.15) is 23.8 Å². The Labute approximate surface area is 109 Å². The zero-order valence-electron chi connectivity index (χ0n) is 10.6. The number of anilines is 1. The summed E-state index contributed by atoms with van der Waals surface area (Å²) in [6.07, 6.45) is -0.947. The zero-order chi connectivity index (χ0) is 14.2. The molecular formula is C11H14N4O4. The smallest absolute Gasteiger partial charge is 0.405 e. The van der Waals surface area contributed by atoms with E-state index in [2.05, 4.69) is 10.4 Å². The van der Waals surface area contributed by atoms with Crippen molar-refractivity contribution >= 4 is 23.6 Å². The van der Waals surface area contributed by atoms with Crippen molar-refractivity contribution in [2.75, 3.05) is 11.9 Å². The third-order valence-electron chi connectivity index (χ3n) is 3.02. The van der Waals surface area contributed by atoms with E-state index in [9.17, 15) is 14.4 Å². The molecule has 1 unspecified atom stereocenters. The standard InChI is InChI=1S/C11H14N4O4/c1-6(16)8-5-9-14(2)10(17)7(12-11(18)19)3-4-15(9)13-8/h5,7,12H,3-4H2,1-2H3,(H,18,19). The van der Waals surface area contributed by atoms with Crippen LogP contribution >= 0.6 is 0 Å². The Morgan fingerprint density at radius 2 is 2.21 bits per heavy atom. The second kappa shape index (κ2) is 4.71. The number of carboxylic acid groups (broad SMARTS) is 1. The summed E-state index contributed by atoms with van der Waals surface area (Å²) in [5, 5.41) is 15.0. The quantitative estimate of drug-likeness (QED) is 0.738. The minimum absolute atomic E-state index is 0.179. The molecule has 2 amide bonds. The monoisotopic (exact) mass is 266 g/mol. The van der Waals surface area contributed by atoms with Crippen LogP contribution in [-0.4, -0.2) is 45.8 Å². The van der Waals surface area contributed by atoms with Crippen LogP contribution in [0.15, 0.2) is 6.07 Å². The number of nitrogens with zero attached hydrogens (tertiary/aromatic N) is 3. The molecule has 0 spiro atoms. The summed E-state index contributed by atoms with van der Waals surface area (Å²) in [5.41, 5.74) is 0.291. The van der Waals surface area contributed by atoms with Gasteiger partial charge in [-0.15, -0.1) is 0 Å². The molecule has 1 aromatic rings. The highest BCUT2D eigenvalue weighted by Gasteiger charge is 2.30. The molecule has 0 aliphatic carbocycles. The molecule has 2 heterocycles. The molecule has 1 aliphatic rings. The Kier molecular flexibility index (Phi) is 3.24. The molecule has 8 heteroatoms. The Morgan fingerprint density at radius 3 is 2.79 bits per heavy atom. The summed E-state index contributed by atoms with van der Waals surface area (Å²) in [4.78, 5) is 35.3. The van der Waals surface area contributed by atoms with Gasteiger partial charge in [0, 0.05) is 26.6 Å². The van der Waals surface area contributed by atoms with E-state index in [1.165, 1.54) is 29.6 Å². The molecule has 1 aliphatic heterocycles. The SMILES string of the molecule is CC(=O)c1cc2n(n1)CCC(NC(=O)O)C(=O)N2C. The number of aryl methyl sites for hydroxylation is 1. The Morgan fingerprint density at radius 1 is 1.53 bits per heavy atom. The molecule has 1 aromatic heterocycles. The number of fused-ring (bicyclic) bond motifs is 1. The van der Waals surface area contributed by atoms with Gasteiger partial charge in [0.05, 0.1) is 0 Å². The number of hydrogen-bond acceptors (Lipinski definition) is 4. The highest BCUT2D eigenvalue weighted by molar-refractivity contribution is 5.99. The number of aromatic nitrogens is 2. The molecule has 2 N–H and O–H groups in total. The van der Waals surface area contributed by atoms with Gasteiger partial charge in [0.15, 0.2) is 5.78 Å².